The first-order valence-electron chi connectivity index (χ1n) is 11.6. The molecule has 0 aliphatic carbocycles. The summed E-state index contributed by atoms with van der Waals surface area (Å²) in [5, 5.41) is 27.2. The van der Waals surface area contributed by atoms with Crippen molar-refractivity contribution in [3.8, 4) is 0 Å². The molecule has 0 aromatic carbocycles. The van der Waals surface area contributed by atoms with Crippen molar-refractivity contribution in [2.45, 2.75) is 50.2 Å². The maximum atomic E-state index is 12.0. The smallest absolute Gasteiger partial charge is 0.387 e. The lowest BCUT2D eigenvalue weighted by Crippen LogP contribution is -2.33. The van der Waals surface area contributed by atoms with E-state index in [9.17, 15) is 33.7 Å². The number of anilines is 1. The highest BCUT2D eigenvalue weighted by atomic mass is 31.3. The zero-order valence-electron chi connectivity index (χ0n) is 20.6. The van der Waals surface area contributed by atoms with Gasteiger partial charge in [0.1, 0.15) is 24.6 Å². The summed E-state index contributed by atoms with van der Waals surface area (Å²) < 4.78 is 52.8. The van der Waals surface area contributed by atoms with Gasteiger partial charge in [-0.05, 0) is 26.4 Å². The highest BCUT2D eigenvalue weighted by Gasteiger charge is 2.47. The van der Waals surface area contributed by atoms with Crippen molar-refractivity contribution in [1.82, 2.24) is 24.8 Å². The van der Waals surface area contributed by atoms with E-state index in [2.05, 4.69) is 38.7 Å². The van der Waals surface area contributed by atoms with Gasteiger partial charge in [0.2, 0.25) is 0 Å². The van der Waals surface area contributed by atoms with Crippen molar-refractivity contribution in [2.24, 2.45) is 0 Å². The predicted molar refractivity (Wildman–Crippen MR) is 132 cm³/mol. The second-order valence-corrected chi connectivity index (χ2v) is 12.8. The van der Waals surface area contributed by atoms with Crippen LogP contribution in [-0.2, 0) is 31.6 Å². The third-order valence-corrected chi connectivity index (χ3v) is 9.24. The number of unbranched alkanes of at least 4 members (excludes halogenated alkanes) is 3. The van der Waals surface area contributed by atoms with E-state index in [1.54, 1.807) is 0 Å². The van der Waals surface area contributed by atoms with Crippen LogP contribution in [0.1, 0.15) is 31.9 Å². The summed E-state index contributed by atoms with van der Waals surface area (Å²) >= 11 is 0. The Hall–Kier alpha value is -1.40. The second kappa shape index (κ2) is 13.5. The maximum absolute atomic E-state index is 12.0. The summed E-state index contributed by atoms with van der Waals surface area (Å²) in [6.45, 7) is 0.657. The molecule has 0 saturated carbocycles. The van der Waals surface area contributed by atoms with Crippen LogP contribution < -0.4 is 10.6 Å². The maximum Gasteiger partial charge on any atom is 0.490 e. The molecule has 1 fully saturated rings. The number of aliphatic hydroxyl groups excluding tert-OH is 2. The molecule has 0 bridgehead atoms. The first-order valence-corrected chi connectivity index (χ1v) is 16.1. The lowest BCUT2D eigenvalue weighted by atomic mass is 10.1. The summed E-state index contributed by atoms with van der Waals surface area (Å²) in [6, 6.07) is 0. The molecule has 8 N–H and O–H groups in total. The molecule has 1 aliphatic rings. The van der Waals surface area contributed by atoms with Crippen LogP contribution in [0.25, 0.3) is 11.2 Å². The van der Waals surface area contributed by atoms with Crippen molar-refractivity contribution in [3.63, 3.8) is 0 Å². The number of fused-ring (bicyclic) bond motifs is 1. The van der Waals surface area contributed by atoms with Gasteiger partial charge in [0.15, 0.2) is 23.2 Å². The topological polar surface area (TPSA) is 277 Å². The molecule has 1 saturated heterocycles. The molecular weight excluding hydrogens is 589 g/mol. The van der Waals surface area contributed by atoms with Crippen LogP contribution in [0.3, 0.4) is 0 Å². The molecule has 0 radical (unpaired) electrons. The number of rotatable bonds is 16. The standard InChI is InChI=1S/C17H31N6O13P3/c1-18-6-4-2-3-5-7-19-15-12-16(21-9-20-15)23(10-22-12)17-14(25)13(24)11(34-17)8-33-38(29,30)36-39(31,32)35-37(26,27)28/h9-11,13-14,17-18,24-25H,2-8H2,1H3,(H,29,30)(H,31,32)(H,19,20,21)(H2,26,27,28)/t11-,13+,14?,17-/m1/s1. The summed E-state index contributed by atoms with van der Waals surface area (Å²) in [5.41, 5.74) is 0.626. The number of imidazole rings is 1. The van der Waals surface area contributed by atoms with Gasteiger partial charge in [-0.3, -0.25) is 9.09 Å². The fourth-order valence-corrected chi connectivity index (χ4v) is 6.75. The van der Waals surface area contributed by atoms with Gasteiger partial charge in [-0.2, -0.15) is 8.62 Å². The monoisotopic (exact) mass is 620 g/mol. The molecule has 39 heavy (non-hydrogen) atoms. The molecule has 22 heteroatoms. The molecule has 6 atom stereocenters. The van der Waals surface area contributed by atoms with Gasteiger partial charge in [-0.1, -0.05) is 12.8 Å². The Morgan fingerprint density at radius 2 is 1.64 bits per heavy atom. The molecule has 3 rings (SSSR count). The first kappa shape index (κ1) is 32.1. The van der Waals surface area contributed by atoms with E-state index in [0.29, 0.717) is 17.9 Å². The van der Waals surface area contributed by atoms with Gasteiger partial charge < -0.3 is 45.2 Å². The van der Waals surface area contributed by atoms with Crippen LogP contribution in [0.2, 0.25) is 0 Å². The molecule has 222 valence electrons. The first-order chi connectivity index (χ1) is 18.2. The van der Waals surface area contributed by atoms with Gasteiger partial charge in [0, 0.05) is 6.54 Å². The Kier molecular flexibility index (Phi) is 11.1. The molecule has 0 spiro atoms. The molecule has 3 unspecified atom stereocenters. The highest BCUT2D eigenvalue weighted by Crippen LogP contribution is 2.66. The average Bonchev–Trinajstić information content (AvgIpc) is 3.36. The number of nitrogens with zero attached hydrogens (tertiary/aromatic N) is 4. The number of aromatic nitrogens is 4. The molecule has 2 aromatic heterocycles. The zero-order valence-corrected chi connectivity index (χ0v) is 23.3. The van der Waals surface area contributed by atoms with Gasteiger partial charge >= 0.3 is 23.5 Å². The normalized spacial score (nSPS) is 25.0. The van der Waals surface area contributed by atoms with Crippen molar-refractivity contribution in [3.05, 3.63) is 12.7 Å². The minimum absolute atomic E-state index is 0.256. The number of aliphatic hydroxyl groups is 2. The minimum Gasteiger partial charge on any atom is -0.387 e. The van der Waals surface area contributed by atoms with Gasteiger partial charge in [-0.25, -0.2) is 28.6 Å². The third kappa shape index (κ3) is 9.31. The average molecular weight is 620 g/mol. The number of phosphoric ester groups is 1. The van der Waals surface area contributed by atoms with E-state index >= 15 is 0 Å². The van der Waals surface area contributed by atoms with E-state index in [-0.39, 0.29) is 5.65 Å². The van der Waals surface area contributed by atoms with Crippen LogP contribution in [-0.4, -0.2) is 94.4 Å². The van der Waals surface area contributed by atoms with Crippen LogP contribution in [0.4, 0.5) is 5.82 Å². The Labute approximate surface area is 222 Å². The minimum atomic E-state index is -5.71. The number of ether oxygens (including phenoxy) is 1. The SMILES string of the molecule is CNCCCCCCNc1ncnc2c1ncn2[C@@H]1O[C@H](COP(=O)(O)OP(=O)(O)OP(=O)(O)O)[C@H](O)C1O. The van der Waals surface area contributed by atoms with E-state index in [1.807, 2.05) is 7.05 Å². The van der Waals surface area contributed by atoms with Crippen LogP contribution in [0.5, 0.6) is 0 Å². The Morgan fingerprint density at radius 3 is 2.31 bits per heavy atom. The van der Waals surface area contributed by atoms with Crippen LogP contribution in [0, 0.1) is 0 Å². The van der Waals surface area contributed by atoms with Gasteiger partial charge in [-0.15, -0.1) is 0 Å². The Bertz CT molecular complexity index is 1240. The molecule has 0 amide bonds. The van der Waals surface area contributed by atoms with Crippen molar-refractivity contribution >= 4 is 40.4 Å². The number of phosphoric acid groups is 3. The van der Waals surface area contributed by atoms with Crippen LogP contribution in [0.15, 0.2) is 12.7 Å². The van der Waals surface area contributed by atoms with Crippen molar-refractivity contribution < 1.29 is 61.4 Å². The van der Waals surface area contributed by atoms with Crippen LogP contribution >= 0.6 is 23.5 Å². The number of nitrogens with one attached hydrogen (secondary N) is 2. The summed E-state index contributed by atoms with van der Waals surface area (Å²) in [6.07, 6.45) is 0.707. The third-order valence-electron chi connectivity index (χ3n) is 5.43. The van der Waals surface area contributed by atoms with E-state index in [0.717, 1.165) is 32.2 Å². The van der Waals surface area contributed by atoms with Gasteiger partial charge in [0.25, 0.3) is 0 Å². The van der Waals surface area contributed by atoms with Crippen molar-refractivity contribution in [2.75, 3.05) is 32.1 Å². The lowest BCUT2D eigenvalue weighted by molar-refractivity contribution is -0.0503. The zero-order chi connectivity index (χ0) is 28.8. The largest absolute Gasteiger partial charge is 0.490 e. The van der Waals surface area contributed by atoms with E-state index in [1.165, 1.54) is 17.2 Å². The fourth-order valence-electron chi connectivity index (χ4n) is 3.72. The van der Waals surface area contributed by atoms with Gasteiger partial charge in [0.05, 0.1) is 12.9 Å². The summed E-state index contributed by atoms with van der Waals surface area (Å²) in [5.74, 6) is 0.450. The number of hydrogen-bond donors (Lipinski definition) is 8. The fraction of sp³-hybridized carbons (Fsp3) is 0.706. The predicted octanol–water partition coefficient (Wildman–Crippen LogP) is -0.0195. The number of hydrogen-bond acceptors (Lipinski definition) is 14. The summed E-state index contributed by atoms with van der Waals surface area (Å²) in [7, 11) is -14.8. The van der Waals surface area contributed by atoms with Crippen molar-refractivity contribution in [1.29, 1.82) is 0 Å². The summed E-state index contributed by atoms with van der Waals surface area (Å²) in [4.78, 5) is 48.6. The molecular formula is C17H31N6O13P3. The molecule has 3 heterocycles. The lowest BCUT2D eigenvalue weighted by Gasteiger charge is -2.19. The molecule has 1 aliphatic heterocycles. The van der Waals surface area contributed by atoms with E-state index < -0.39 is 54.6 Å². The van der Waals surface area contributed by atoms with E-state index in [4.69, 9.17) is 14.5 Å². The second-order valence-electron chi connectivity index (χ2n) is 8.42. The molecule has 19 nitrogen and oxygen atoms in total. The highest BCUT2D eigenvalue weighted by molar-refractivity contribution is 7.66. The Balaban J connectivity index is 1.62. The Morgan fingerprint density at radius 1 is 0.949 bits per heavy atom. The molecule has 2 aromatic rings. The quantitative estimate of drug-likeness (QED) is 0.0904.